The number of aliphatic hydroxyl groups is 1. The van der Waals surface area contributed by atoms with Crippen LogP contribution in [-0.2, 0) is 6.42 Å². The smallest absolute Gasteiger partial charge is 0.0616 e. The summed E-state index contributed by atoms with van der Waals surface area (Å²) in [4.78, 5) is 1.33. The second-order valence-corrected chi connectivity index (χ2v) is 5.79. The largest absolute Gasteiger partial charge is 0.394 e. The fourth-order valence-electron chi connectivity index (χ4n) is 1.99. The molecule has 1 aliphatic rings. The van der Waals surface area contributed by atoms with Crippen LogP contribution in [0.15, 0.2) is 15.9 Å². The Balaban J connectivity index is 2.08. The molecule has 2 N–H and O–H groups in total. The summed E-state index contributed by atoms with van der Waals surface area (Å²) in [6.45, 7) is 1.27. The van der Waals surface area contributed by atoms with Crippen LogP contribution in [0, 0.1) is 0 Å². The van der Waals surface area contributed by atoms with Gasteiger partial charge in [0, 0.05) is 26.7 Å². The van der Waals surface area contributed by atoms with Gasteiger partial charge in [-0.25, -0.2) is 0 Å². The molecule has 1 aromatic heterocycles. The first-order valence-electron chi connectivity index (χ1n) is 4.83. The van der Waals surface area contributed by atoms with Crippen molar-refractivity contribution in [2.45, 2.75) is 24.8 Å². The van der Waals surface area contributed by atoms with Gasteiger partial charge in [-0.15, -0.1) is 11.3 Å². The predicted molar refractivity (Wildman–Crippen MR) is 62.8 cm³/mol. The van der Waals surface area contributed by atoms with Crippen LogP contribution in [0.2, 0.25) is 0 Å². The van der Waals surface area contributed by atoms with Crippen LogP contribution in [0.5, 0.6) is 0 Å². The molecule has 0 radical (unpaired) electrons. The van der Waals surface area contributed by atoms with Crippen molar-refractivity contribution in [1.29, 1.82) is 0 Å². The van der Waals surface area contributed by atoms with E-state index >= 15 is 0 Å². The molecule has 1 unspecified atom stereocenters. The summed E-state index contributed by atoms with van der Waals surface area (Å²) in [6, 6.07) is 2.14. The van der Waals surface area contributed by atoms with Crippen LogP contribution < -0.4 is 5.32 Å². The van der Waals surface area contributed by atoms with Crippen LogP contribution in [0.25, 0.3) is 0 Å². The molecule has 0 aromatic carbocycles. The number of nitrogens with one attached hydrogen (secondary N) is 1. The monoisotopic (exact) mass is 275 g/mol. The first-order valence-corrected chi connectivity index (χ1v) is 6.50. The second kappa shape index (κ2) is 4.31. The summed E-state index contributed by atoms with van der Waals surface area (Å²) >= 11 is 5.20. The molecule has 1 aromatic rings. The van der Waals surface area contributed by atoms with Gasteiger partial charge >= 0.3 is 0 Å². The highest BCUT2D eigenvalue weighted by atomic mass is 79.9. The van der Waals surface area contributed by atoms with Gasteiger partial charge in [0.2, 0.25) is 0 Å². The molecular formula is C10H14BrNOS. The highest BCUT2D eigenvalue weighted by Gasteiger charge is 2.33. The second-order valence-electron chi connectivity index (χ2n) is 3.88. The lowest BCUT2D eigenvalue weighted by atomic mass is 9.94. The normalized spacial score (nSPS) is 27.0. The number of aliphatic hydroxyl groups excluding tert-OH is 1. The lowest BCUT2D eigenvalue weighted by Crippen LogP contribution is -2.45. The third kappa shape index (κ3) is 2.19. The van der Waals surface area contributed by atoms with Crippen LogP contribution in [0.1, 0.15) is 17.7 Å². The Labute approximate surface area is 96.5 Å². The lowest BCUT2D eigenvalue weighted by molar-refractivity contribution is 0.178. The minimum absolute atomic E-state index is 0.0513. The van der Waals surface area contributed by atoms with Gasteiger partial charge in [-0.1, -0.05) is 0 Å². The first-order chi connectivity index (χ1) is 6.74. The molecule has 14 heavy (non-hydrogen) atoms. The molecule has 2 nitrogen and oxygen atoms in total. The van der Waals surface area contributed by atoms with Crippen molar-refractivity contribution in [2.75, 3.05) is 13.2 Å². The Morgan fingerprint density at radius 2 is 2.50 bits per heavy atom. The average Bonchev–Trinajstić information content (AvgIpc) is 2.77. The summed E-state index contributed by atoms with van der Waals surface area (Å²) < 4.78 is 1.14. The molecule has 0 saturated carbocycles. The topological polar surface area (TPSA) is 32.3 Å². The maximum atomic E-state index is 9.42. The van der Waals surface area contributed by atoms with E-state index in [0.717, 1.165) is 23.9 Å². The van der Waals surface area contributed by atoms with Crippen molar-refractivity contribution in [2.24, 2.45) is 0 Å². The molecule has 0 spiro atoms. The zero-order valence-electron chi connectivity index (χ0n) is 7.92. The molecular weight excluding hydrogens is 262 g/mol. The number of halogens is 1. The van der Waals surface area contributed by atoms with E-state index in [2.05, 4.69) is 32.7 Å². The van der Waals surface area contributed by atoms with E-state index in [-0.39, 0.29) is 12.1 Å². The third-order valence-corrected chi connectivity index (χ3v) is 4.47. The van der Waals surface area contributed by atoms with E-state index in [0.29, 0.717) is 0 Å². The van der Waals surface area contributed by atoms with Gasteiger partial charge in [0.1, 0.15) is 0 Å². The molecule has 1 aliphatic heterocycles. The van der Waals surface area contributed by atoms with Gasteiger partial charge in [0.15, 0.2) is 0 Å². The van der Waals surface area contributed by atoms with E-state index in [4.69, 9.17) is 0 Å². The van der Waals surface area contributed by atoms with Crippen LogP contribution in [0.4, 0.5) is 0 Å². The minimum Gasteiger partial charge on any atom is -0.394 e. The van der Waals surface area contributed by atoms with Gasteiger partial charge in [-0.05, 0) is 41.4 Å². The van der Waals surface area contributed by atoms with Crippen molar-refractivity contribution >= 4 is 27.3 Å². The lowest BCUT2D eigenvalue weighted by Gasteiger charge is -2.26. The van der Waals surface area contributed by atoms with Gasteiger partial charge in [0.05, 0.1) is 6.61 Å². The Bertz CT molecular complexity index is 307. The summed E-state index contributed by atoms with van der Waals surface area (Å²) in [5, 5.41) is 14.9. The number of hydrogen-bond donors (Lipinski definition) is 2. The number of hydrogen-bond acceptors (Lipinski definition) is 3. The molecule has 1 saturated heterocycles. The highest BCUT2D eigenvalue weighted by molar-refractivity contribution is 9.10. The molecule has 0 bridgehead atoms. The van der Waals surface area contributed by atoms with Gasteiger partial charge in [-0.3, -0.25) is 0 Å². The molecule has 78 valence electrons. The molecule has 4 heteroatoms. The fraction of sp³-hybridized carbons (Fsp3) is 0.600. The Hall–Kier alpha value is 0.1000. The number of thiophene rings is 1. The number of rotatable bonds is 3. The standard InChI is InChI=1S/C10H14BrNOS/c11-8-4-9(14-6-8)5-10(7-13)2-1-3-12-10/h4,6,12-13H,1-3,5,7H2. The zero-order chi connectivity index (χ0) is 10.0. The Morgan fingerprint density at radius 3 is 3.00 bits per heavy atom. The van der Waals surface area contributed by atoms with Crippen LogP contribution in [-0.4, -0.2) is 23.8 Å². The molecule has 2 rings (SSSR count). The van der Waals surface area contributed by atoms with E-state index in [1.807, 2.05) is 0 Å². The van der Waals surface area contributed by atoms with Crippen LogP contribution >= 0.6 is 27.3 Å². The van der Waals surface area contributed by atoms with E-state index in [1.54, 1.807) is 11.3 Å². The van der Waals surface area contributed by atoms with Gasteiger partial charge < -0.3 is 10.4 Å². The Kier molecular flexibility index (Phi) is 3.27. The van der Waals surface area contributed by atoms with Crippen LogP contribution in [0.3, 0.4) is 0 Å². The summed E-state index contributed by atoms with van der Waals surface area (Å²) in [6.07, 6.45) is 3.20. The average molecular weight is 276 g/mol. The molecule has 0 amide bonds. The summed E-state index contributed by atoms with van der Waals surface area (Å²) in [5.74, 6) is 0. The molecule has 1 fully saturated rings. The first kappa shape index (κ1) is 10.6. The van der Waals surface area contributed by atoms with Crippen molar-refractivity contribution in [1.82, 2.24) is 5.32 Å². The molecule has 1 atom stereocenters. The van der Waals surface area contributed by atoms with E-state index in [9.17, 15) is 5.11 Å². The highest BCUT2D eigenvalue weighted by Crippen LogP contribution is 2.28. The SMILES string of the molecule is OCC1(Cc2cc(Br)cs2)CCCN1. The molecule has 2 heterocycles. The van der Waals surface area contributed by atoms with Crippen molar-refractivity contribution in [3.05, 3.63) is 20.8 Å². The predicted octanol–water partition coefficient (Wildman–Crippen LogP) is 2.17. The third-order valence-electron chi connectivity index (χ3n) is 2.77. The fourth-order valence-corrected chi connectivity index (χ4v) is 3.59. The van der Waals surface area contributed by atoms with E-state index in [1.165, 1.54) is 11.3 Å². The van der Waals surface area contributed by atoms with Crippen molar-refractivity contribution < 1.29 is 5.11 Å². The quantitative estimate of drug-likeness (QED) is 0.886. The maximum absolute atomic E-state index is 9.42. The maximum Gasteiger partial charge on any atom is 0.0616 e. The summed E-state index contributed by atoms with van der Waals surface area (Å²) in [7, 11) is 0. The van der Waals surface area contributed by atoms with Gasteiger partial charge in [-0.2, -0.15) is 0 Å². The molecule has 0 aliphatic carbocycles. The van der Waals surface area contributed by atoms with Crippen molar-refractivity contribution in [3.8, 4) is 0 Å². The van der Waals surface area contributed by atoms with Gasteiger partial charge in [0.25, 0.3) is 0 Å². The minimum atomic E-state index is -0.0513. The van der Waals surface area contributed by atoms with Crippen molar-refractivity contribution in [3.63, 3.8) is 0 Å². The van der Waals surface area contributed by atoms with E-state index < -0.39 is 0 Å². The zero-order valence-corrected chi connectivity index (χ0v) is 10.3. The summed E-state index contributed by atoms with van der Waals surface area (Å²) in [5.41, 5.74) is -0.0513. The Morgan fingerprint density at radius 1 is 1.64 bits per heavy atom.